The zero-order chi connectivity index (χ0) is 14.9. The monoisotopic (exact) mass is 339 g/mol. The van der Waals surface area contributed by atoms with Gasteiger partial charge in [0.25, 0.3) is 11.8 Å². The Balaban J connectivity index is 2.03. The van der Waals surface area contributed by atoms with Gasteiger partial charge in [-0.05, 0) is 40.5 Å². The number of benzene rings is 1. The van der Waals surface area contributed by atoms with E-state index in [2.05, 4.69) is 26.7 Å². The van der Waals surface area contributed by atoms with Crippen LogP contribution in [0.25, 0.3) is 0 Å². The first-order chi connectivity index (χ1) is 9.38. The fourth-order valence-electron chi connectivity index (χ4n) is 1.93. The standard InChI is InChI=1S/C13H14BrN3O3/c1-7-3-4-10(9(14)5-7)15-11(18)6-8-12(19)16-17(2)13(8)20/h3-5,8H,6H2,1-2H3,(H,15,18)(H,16,19). The van der Waals surface area contributed by atoms with E-state index in [1.165, 1.54) is 7.05 Å². The molecule has 0 radical (unpaired) electrons. The van der Waals surface area contributed by atoms with Gasteiger partial charge in [-0.1, -0.05) is 6.07 Å². The van der Waals surface area contributed by atoms with E-state index in [9.17, 15) is 14.4 Å². The van der Waals surface area contributed by atoms with Gasteiger partial charge in [0.1, 0.15) is 5.92 Å². The number of carbonyl (C=O) groups is 3. The summed E-state index contributed by atoms with van der Waals surface area (Å²) in [6.07, 6.45) is -0.171. The number of halogens is 1. The highest BCUT2D eigenvalue weighted by atomic mass is 79.9. The van der Waals surface area contributed by atoms with Gasteiger partial charge in [-0.2, -0.15) is 0 Å². The van der Waals surface area contributed by atoms with Crippen LogP contribution in [0.4, 0.5) is 5.69 Å². The van der Waals surface area contributed by atoms with Crippen molar-refractivity contribution in [3.63, 3.8) is 0 Å². The van der Waals surface area contributed by atoms with Crippen LogP contribution in [0.15, 0.2) is 22.7 Å². The van der Waals surface area contributed by atoms with Gasteiger partial charge >= 0.3 is 0 Å². The number of rotatable bonds is 3. The van der Waals surface area contributed by atoms with Crippen LogP contribution in [-0.4, -0.2) is 29.8 Å². The highest BCUT2D eigenvalue weighted by Crippen LogP contribution is 2.24. The molecule has 0 aromatic heterocycles. The Morgan fingerprint density at radius 3 is 2.70 bits per heavy atom. The minimum atomic E-state index is -0.954. The molecule has 2 rings (SSSR count). The van der Waals surface area contributed by atoms with E-state index in [0.717, 1.165) is 15.0 Å². The first-order valence-corrected chi connectivity index (χ1v) is 6.82. The third kappa shape index (κ3) is 2.98. The van der Waals surface area contributed by atoms with Crippen LogP contribution in [0.3, 0.4) is 0 Å². The van der Waals surface area contributed by atoms with Crippen LogP contribution in [-0.2, 0) is 14.4 Å². The van der Waals surface area contributed by atoms with Crippen LogP contribution >= 0.6 is 15.9 Å². The molecule has 2 N–H and O–H groups in total. The smallest absolute Gasteiger partial charge is 0.253 e. The lowest BCUT2D eigenvalue weighted by Crippen LogP contribution is -2.31. The van der Waals surface area contributed by atoms with E-state index in [1.807, 2.05) is 19.1 Å². The molecule has 1 heterocycles. The lowest BCUT2D eigenvalue weighted by atomic mass is 10.0. The lowest BCUT2D eigenvalue weighted by Gasteiger charge is -2.10. The Bertz CT molecular complexity index is 588. The van der Waals surface area contributed by atoms with Crippen molar-refractivity contribution in [1.82, 2.24) is 10.4 Å². The van der Waals surface area contributed by atoms with E-state index < -0.39 is 17.7 Å². The molecule has 1 aromatic rings. The summed E-state index contributed by atoms with van der Waals surface area (Å²) in [7, 11) is 1.45. The van der Waals surface area contributed by atoms with Gasteiger partial charge in [0.15, 0.2) is 0 Å². The van der Waals surface area contributed by atoms with Crippen LogP contribution in [0.2, 0.25) is 0 Å². The van der Waals surface area contributed by atoms with Crippen molar-refractivity contribution in [3.8, 4) is 0 Å². The second-order valence-electron chi connectivity index (χ2n) is 4.66. The molecule has 7 heteroatoms. The minimum absolute atomic E-state index is 0.171. The molecule has 0 saturated carbocycles. The summed E-state index contributed by atoms with van der Waals surface area (Å²) >= 11 is 3.35. The number of nitrogens with one attached hydrogen (secondary N) is 2. The van der Waals surface area contributed by atoms with E-state index in [4.69, 9.17) is 0 Å². The second-order valence-corrected chi connectivity index (χ2v) is 5.52. The Labute approximate surface area is 124 Å². The molecule has 1 saturated heterocycles. The van der Waals surface area contributed by atoms with Gasteiger partial charge in [0, 0.05) is 17.9 Å². The summed E-state index contributed by atoms with van der Waals surface area (Å²) in [5, 5.41) is 3.78. The van der Waals surface area contributed by atoms with Crippen molar-refractivity contribution in [2.24, 2.45) is 5.92 Å². The fraction of sp³-hybridized carbons (Fsp3) is 0.308. The maximum absolute atomic E-state index is 11.9. The van der Waals surface area contributed by atoms with Crippen molar-refractivity contribution in [2.75, 3.05) is 12.4 Å². The number of nitrogens with zero attached hydrogens (tertiary/aromatic N) is 1. The molecule has 1 aromatic carbocycles. The van der Waals surface area contributed by atoms with Gasteiger partial charge in [-0.25, -0.2) is 0 Å². The summed E-state index contributed by atoms with van der Waals surface area (Å²) < 4.78 is 0.755. The Kier molecular flexibility index (Phi) is 4.08. The number of hydrogen-bond donors (Lipinski definition) is 2. The molecule has 1 aliphatic rings. The topological polar surface area (TPSA) is 78.5 Å². The van der Waals surface area contributed by atoms with Crippen molar-refractivity contribution in [1.29, 1.82) is 0 Å². The largest absolute Gasteiger partial charge is 0.325 e. The Hall–Kier alpha value is -1.89. The second kappa shape index (κ2) is 5.62. The maximum atomic E-state index is 11.9. The SMILES string of the molecule is Cc1ccc(NC(=O)CC2C(=O)NN(C)C2=O)c(Br)c1. The average Bonchev–Trinajstić information content (AvgIpc) is 2.60. The number of amides is 3. The van der Waals surface area contributed by atoms with Crippen molar-refractivity contribution in [2.45, 2.75) is 13.3 Å². The molecule has 1 unspecified atom stereocenters. The first-order valence-electron chi connectivity index (χ1n) is 6.02. The zero-order valence-electron chi connectivity index (χ0n) is 11.1. The molecule has 106 valence electrons. The highest BCUT2D eigenvalue weighted by molar-refractivity contribution is 9.10. The third-order valence-electron chi connectivity index (χ3n) is 3.01. The van der Waals surface area contributed by atoms with E-state index in [-0.39, 0.29) is 12.3 Å². The van der Waals surface area contributed by atoms with Gasteiger partial charge in [-0.3, -0.25) is 24.8 Å². The molecule has 1 aliphatic heterocycles. The van der Waals surface area contributed by atoms with E-state index in [0.29, 0.717) is 5.69 Å². The molecule has 1 atom stereocenters. The lowest BCUT2D eigenvalue weighted by molar-refractivity contribution is -0.134. The Morgan fingerprint density at radius 2 is 2.15 bits per heavy atom. The molecular weight excluding hydrogens is 326 g/mol. The van der Waals surface area contributed by atoms with Crippen molar-refractivity contribution < 1.29 is 14.4 Å². The molecule has 3 amide bonds. The molecule has 1 fully saturated rings. The predicted octanol–water partition coefficient (Wildman–Crippen LogP) is 1.21. The maximum Gasteiger partial charge on any atom is 0.253 e. The van der Waals surface area contributed by atoms with Gasteiger partial charge in [0.2, 0.25) is 5.91 Å². The molecule has 0 bridgehead atoms. The number of hydrazine groups is 1. The zero-order valence-corrected chi connectivity index (χ0v) is 12.7. The normalized spacial score (nSPS) is 18.1. The van der Waals surface area contributed by atoms with E-state index >= 15 is 0 Å². The van der Waals surface area contributed by atoms with E-state index in [1.54, 1.807) is 6.07 Å². The minimum Gasteiger partial charge on any atom is -0.325 e. The third-order valence-corrected chi connectivity index (χ3v) is 3.67. The fourth-order valence-corrected chi connectivity index (χ4v) is 2.52. The summed E-state index contributed by atoms with van der Waals surface area (Å²) in [5.74, 6) is -2.17. The summed E-state index contributed by atoms with van der Waals surface area (Å²) in [6, 6.07) is 5.50. The number of hydrogen-bond acceptors (Lipinski definition) is 3. The molecule has 20 heavy (non-hydrogen) atoms. The number of aryl methyl sites for hydroxylation is 1. The van der Waals surface area contributed by atoms with Gasteiger partial charge < -0.3 is 5.32 Å². The molecule has 0 spiro atoms. The quantitative estimate of drug-likeness (QED) is 0.812. The van der Waals surface area contributed by atoms with Gasteiger partial charge in [0.05, 0.1) is 5.69 Å². The molecular formula is C13H14BrN3O3. The van der Waals surface area contributed by atoms with Crippen LogP contribution in [0.1, 0.15) is 12.0 Å². The van der Waals surface area contributed by atoms with Crippen LogP contribution in [0.5, 0.6) is 0 Å². The summed E-state index contributed by atoms with van der Waals surface area (Å²) in [6.45, 7) is 1.94. The first kappa shape index (κ1) is 14.5. The molecule has 6 nitrogen and oxygen atoms in total. The summed E-state index contributed by atoms with van der Waals surface area (Å²) in [5.41, 5.74) is 4.03. The predicted molar refractivity (Wildman–Crippen MR) is 76.5 cm³/mol. The number of carbonyl (C=O) groups excluding carboxylic acids is 3. The van der Waals surface area contributed by atoms with Crippen molar-refractivity contribution >= 4 is 39.3 Å². The summed E-state index contributed by atoms with van der Waals surface area (Å²) in [4.78, 5) is 35.1. The van der Waals surface area contributed by atoms with Crippen molar-refractivity contribution in [3.05, 3.63) is 28.2 Å². The van der Waals surface area contributed by atoms with Crippen LogP contribution in [0, 0.1) is 12.8 Å². The highest BCUT2D eigenvalue weighted by Gasteiger charge is 2.38. The van der Waals surface area contributed by atoms with Gasteiger partial charge in [-0.15, -0.1) is 0 Å². The number of anilines is 1. The average molecular weight is 340 g/mol. The van der Waals surface area contributed by atoms with Crippen LogP contribution < -0.4 is 10.7 Å². The molecule has 0 aliphatic carbocycles. The Morgan fingerprint density at radius 1 is 1.45 bits per heavy atom.